The number of benzene rings is 2. The fourth-order valence-electron chi connectivity index (χ4n) is 2.70. The van der Waals surface area contributed by atoms with Gasteiger partial charge in [-0.1, -0.05) is 31.5 Å². The van der Waals surface area contributed by atoms with Crippen molar-refractivity contribution in [3.8, 4) is 11.5 Å². The first-order valence-corrected chi connectivity index (χ1v) is 9.56. The van der Waals surface area contributed by atoms with Crippen LogP contribution in [0.25, 0.3) is 10.2 Å². The van der Waals surface area contributed by atoms with Crippen molar-refractivity contribution in [3.63, 3.8) is 0 Å². The van der Waals surface area contributed by atoms with Gasteiger partial charge in [0, 0.05) is 10.6 Å². The Kier molecular flexibility index (Phi) is 4.89. The fourth-order valence-corrected chi connectivity index (χ4v) is 3.78. The first-order chi connectivity index (χ1) is 13.2. The molecule has 27 heavy (non-hydrogen) atoms. The highest BCUT2D eigenvalue weighted by atomic mass is 32.1. The number of aromatic nitrogens is 1. The van der Waals surface area contributed by atoms with Gasteiger partial charge in [0.15, 0.2) is 0 Å². The zero-order valence-corrected chi connectivity index (χ0v) is 15.6. The van der Waals surface area contributed by atoms with E-state index in [9.17, 15) is 4.79 Å². The molecule has 0 aliphatic carbocycles. The largest absolute Gasteiger partial charge is 0.457 e. The minimum absolute atomic E-state index is 0.185. The highest BCUT2D eigenvalue weighted by molar-refractivity contribution is 7.18. The molecule has 0 unspecified atom stereocenters. The summed E-state index contributed by atoms with van der Waals surface area (Å²) in [4.78, 5) is 17.8. The van der Waals surface area contributed by atoms with Gasteiger partial charge in [0.2, 0.25) is 0 Å². The van der Waals surface area contributed by atoms with E-state index < -0.39 is 0 Å². The molecule has 0 aliphatic heterocycles. The molecule has 4 aromatic rings. The molecule has 2 heterocycles. The number of rotatable bonds is 6. The molecule has 0 atom stereocenters. The highest BCUT2D eigenvalue weighted by Gasteiger charge is 2.11. The van der Waals surface area contributed by atoms with E-state index in [4.69, 9.17) is 9.15 Å². The van der Waals surface area contributed by atoms with E-state index >= 15 is 0 Å². The molecule has 0 saturated carbocycles. The van der Waals surface area contributed by atoms with Crippen molar-refractivity contribution in [3.05, 3.63) is 76.0 Å². The van der Waals surface area contributed by atoms with E-state index in [1.54, 1.807) is 0 Å². The summed E-state index contributed by atoms with van der Waals surface area (Å²) in [5.41, 5.74) is 1.07. The topological polar surface area (TPSA) is 64.4 Å². The van der Waals surface area contributed by atoms with Crippen molar-refractivity contribution in [1.29, 1.82) is 0 Å². The lowest BCUT2D eigenvalue weighted by atomic mass is 10.3. The second-order valence-corrected chi connectivity index (χ2v) is 7.18. The molecular weight excluding hydrogens is 360 g/mol. The lowest BCUT2D eigenvalue weighted by Crippen LogP contribution is -2.03. The number of nitrogens with zero attached hydrogens (tertiary/aromatic N) is 1. The van der Waals surface area contributed by atoms with Gasteiger partial charge in [0.05, 0.1) is 5.52 Å². The maximum atomic E-state index is 12.2. The van der Waals surface area contributed by atoms with Gasteiger partial charge in [-0.2, -0.15) is 4.98 Å². The maximum Gasteiger partial charge on any atom is 0.358 e. The van der Waals surface area contributed by atoms with Gasteiger partial charge in [-0.25, -0.2) is 4.79 Å². The molecule has 4 rings (SSSR count). The van der Waals surface area contributed by atoms with Crippen LogP contribution in [0, 0.1) is 0 Å². The Hall–Kier alpha value is -3.12. The van der Waals surface area contributed by atoms with E-state index in [1.165, 1.54) is 11.3 Å². The standard InChI is InChI=1S/C21H18N2O3S/c1-2-6-17-13-18-19(27-17)20(24)26-21(23-18)22-14-9-11-16(12-10-14)25-15-7-4-3-5-8-15/h3-5,7-13H,2,6H2,1H3,(H,22,23). The van der Waals surface area contributed by atoms with Gasteiger partial charge in [-0.3, -0.25) is 0 Å². The summed E-state index contributed by atoms with van der Waals surface area (Å²) in [6.45, 7) is 2.11. The average Bonchev–Trinajstić information content (AvgIpc) is 3.08. The van der Waals surface area contributed by atoms with Gasteiger partial charge in [0.1, 0.15) is 16.2 Å². The fraction of sp³-hybridized carbons (Fsp3) is 0.143. The molecule has 0 radical (unpaired) electrons. The predicted molar refractivity (Wildman–Crippen MR) is 108 cm³/mol. The zero-order valence-electron chi connectivity index (χ0n) is 14.8. The molecule has 136 valence electrons. The van der Waals surface area contributed by atoms with Crippen LogP contribution in [0.5, 0.6) is 11.5 Å². The van der Waals surface area contributed by atoms with Crippen molar-refractivity contribution < 1.29 is 9.15 Å². The second-order valence-electron chi connectivity index (χ2n) is 6.05. The first kappa shape index (κ1) is 17.3. The lowest BCUT2D eigenvalue weighted by molar-refractivity contribution is 0.482. The van der Waals surface area contributed by atoms with Crippen LogP contribution >= 0.6 is 11.3 Å². The van der Waals surface area contributed by atoms with E-state index in [1.807, 2.05) is 60.7 Å². The summed E-state index contributed by atoms with van der Waals surface area (Å²) in [5, 5.41) is 3.04. The Labute approximate surface area is 160 Å². The Balaban J connectivity index is 1.52. The number of thiophene rings is 1. The number of aryl methyl sites for hydroxylation is 1. The van der Waals surface area contributed by atoms with Crippen molar-refractivity contribution in [2.75, 3.05) is 5.32 Å². The average molecular weight is 378 g/mol. The quantitative estimate of drug-likeness (QED) is 0.464. The molecule has 2 aromatic heterocycles. The summed E-state index contributed by atoms with van der Waals surface area (Å²) in [5.74, 6) is 1.50. The molecule has 0 amide bonds. The molecule has 6 heteroatoms. The van der Waals surface area contributed by atoms with Crippen molar-refractivity contribution in [2.45, 2.75) is 19.8 Å². The minimum atomic E-state index is -0.362. The van der Waals surface area contributed by atoms with Gasteiger partial charge < -0.3 is 14.5 Å². The summed E-state index contributed by atoms with van der Waals surface area (Å²) in [7, 11) is 0. The minimum Gasteiger partial charge on any atom is -0.457 e. The lowest BCUT2D eigenvalue weighted by Gasteiger charge is -2.07. The zero-order chi connectivity index (χ0) is 18.6. The van der Waals surface area contributed by atoms with Gasteiger partial charge in [0.25, 0.3) is 0 Å². The third-order valence-electron chi connectivity index (χ3n) is 3.94. The molecule has 0 aliphatic rings. The third kappa shape index (κ3) is 4.01. The Morgan fingerprint density at radius 2 is 1.81 bits per heavy atom. The first-order valence-electron chi connectivity index (χ1n) is 8.75. The summed E-state index contributed by atoms with van der Waals surface area (Å²) < 4.78 is 11.6. The number of nitrogens with one attached hydrogen (secondary N) is 1. The molecule has 0 fully saturated rings. The van der Waals surface area contributed by atoms with Crippen molar-refractivity contribution in [2.24, 2.45) is 0 Å². The monoisotopic (exact) mass is 378 g/mol. The predicted octanol–water partition coefficient (Wildman–Crippen LogP) is 5.74. The number of hydrogen-bond donors (Lipinski definition) is 1. The van der Waals surface area contributed by atoms with E-state index in [0.717, 1.165) is 34.9 Å². The second kappa shape index (κ2) is 7.63. The number of fused-ring (bicyclic) bond motifs is 1. The van der Waals surface area contributed by atoms with Gasteiger partial charge in [-0.05, 0) is 48.9 Å². The van der Waals surface area contributed by atoms with Crippen LogP contribution in [-0.4, -0.2) is 4.98 Å². The molecule has 1 N–H and O–H groups in total. The molecule has 0 spiro atoms. The number of ether oxygens (including phenoxy) is 1. The molecular formula is C21H18N2O3S. The summed E-state index contributed by atoms with van der Waals surface area (Å²) in [6, 6.07) is 19.1. The van der Waals surface area contributed by atoms with Crippen LogP contribution in [0.2, 0.25) is 0 Å². The van der Waals surface area contributed by atoms with Gasteiger partial charge >= 0.3 is 11.6 Å². The van der Waals surface area contributed by atoms with E-state index in [0.29, 0.717) is 10.2 Å². The van der Waals surface area contributed by atoms with Crippen LogP contribution in [0.3, 0.4) is 0 Å². The maximum absolute atomic E-state index is 12.2. The van der Waals surface area contributed by atoms with Crippen LogP contribution in [-0.2, 0) is 6.42 Å². The SMILES string of the molecule is CCCc1cc2nc(Nc3ccc(Oc4ccccc4)cc3)oc(=O)c2s1. The van der Waals surface area contributed by atoms with Crippen LogP contribution in [0.1, 0.15) is 18.2 Å². The van der Waals surface area contributed by atoms with Gasteiger partial charge in [-0.15, -0.1) is 11.3 Å². The smallest absolute Gasteiger partial charge is 0.358 e. The van der Waals surface area contributed by atoms with E-state index in [-0.39, 0.29) is 11.6 Å². The summed E-state index contributed by atoms with van der Waals surface area (Å²) >= 11 is 1.45. The van der Waals surface area contributed by atoms with Crippen LogP contribution < -0.4 is 15.7 Å². The number of anilines is 2. The Morgan fingerprint density at radius 3 is 2.56 bits per heavy atom. The summed E-state index contributed by atoms with van der Waals surface area (Å²) in [6.07, 6.45) is 1.97. The van der Waals surface area contributed by atoms with Crippen molar-refractivity contribution >= 4 is 33.3 Å². The van der Waals surface area contributed by atoms with Crippen molar-refractivity contribution in [1.82, 2.24) is 4.98 Å². The molecule has 2 aromatic carbocycles. The molecule has 5 nitrogen and oxygen atoms in total. The van der Waals surface area contributed by atoms with Crippen LogP contribution in [0.15, 0.2) is 69.9 Å². The number of para-hydroxylation sites is 1. The van der Waals surface area contributed by atoms with Crippen LogP contribution in [0.4, 0.5) is 11.7 Å². The Morgan fingerprint density at radius 1 is 1.07 bits per heavy atom. The number of hydrogen-bond acceptors (Lipinski definition) is 6. The molecule has 0 saturated heterocycles. The normalized spacial score (nSPS) is 10.9. The third-order valence-corrected chi connectivity index (χ3v) is 5.11. The Bertz CT molecular complexity index is 1100. The molecule has 0 bridgehead atoms. The highest BCUT2D eigenvalue weighted by Crippen LogP contribution is 2.26. The van der Waals surface area contributed by atoms with E-state index in [2.05, 4.69) is 17.2 Å².